The quantitative estimate of drug-likeness (QED) is 0.933. The molecule has 0 aliphatic carbocycles. The van der Waals surface area contributed by atoms with Crippen molar-refractivity contribution in [1.82, 2.24) is 25.0 Å². The second-order valence-corrected chi connectivity index (χ2v) is 4.05. The van der Waals surface area contributed by atoms with Crippen LogP contribution < -0.4 is 5.32 Å². The monoisotopic (exact) mass is 286 g/mol. The van der Waals surface area contributed by atoms with Crippen molar-refractivity contribution in [3.63, 3.8) is 0 Å². The highest BCUT2D eigenvalue weighted by molar-refractivity contribution is 5.58. The number of aryl methyl sites for hydroxylation is 1. The van der Waals surface area contributed by atoms with Gasteiger partial charge in [-0.25, -0.2) is 14.6 Å². The fourth-order valence-corrected chi connectivity index (χ4v) is 1.67. The van der Waals surface area contributed by atoms with E-state index in [0.717, 1.165) is 6.42 Å². The Labute approximate surface area is 113 Å². The number of nitrogens with one attached hydrogen (secondary N) is 1. The van der Waals surface area contributed by atoms with Gasteiger partial charge in [0.25, 0.3) is 0 Å². The summed E-state index contributed by atoms with van der Waals surface area (Å²) < 4.78 is 39.9. The molecule has 0 spiro atoms. The Hall–Kier alpha value is -2.19. The molecule has 0 bridgehead atoms. The zero-order valence-corrected chi connectivity index (χ0v) is 10.9. The van der Waals surface area contributed by atoms with Crippen LogP contribution in [0.15, 0.2) is 12.3 Å². The Morgan fingerprint density at radius 3 is 2.65 bits per heavy atom. The SMILES string of the molecule is CCCn1nncc1-c1cc(NC)nc(C(F)(F)F)n1. The van der Waals surface area contributed by atoms with E-state index in [1.54, 1.807) is 0 Å². The summed E-state index contributed by atoms with van der Waals surface area (Å²) in [6, 6.07) is 1.43. The van der Waals surface area contributed by atoms with E-state index in [-0.39, 0.29) is 11.5 Å². The molecule has 0 atom stereocenters. The van der Waals surface area contributed by atoms with Gasteiger partial charge in [0.1, 0.15) is 11.5 Å². The molecule has 0 unspecified atom stereocenters. The molecule has 0 fully saturated rings. The molecule has 108 valence electrons. The summed E-state index contributed by atoms with van der Waals surface area (Å²) >= 11 is 0. The Kier molecular flexibility index (Phi) is 3.86. The Morgan fingerprint density at radius 2 is 2.05 bits per heavy atom. The Bertz CT molecular complexity index is 592. The van der Waals surface area contributed by atoms with Gasteiger partial charge in [0, 0.05) is 19.7 Å². The summed E-state index contributed by atoms with van der Waals surface area (Å²) in [5.41, 5.74) is 0.561. The van der Waals surface area contributed by atoms with Crippen LogP contribution in [0.4, 0.5) is 19.0 Å². The number of anilines is 1. The lowest BCUT2D eigenvalue weighted by Crippen LogP contribution is -2.14. The first kappa shape index (κ1) is 14.2. The van der Waals surface area contributed by atoms with Crippen LogP contribution in [0.2, 0.25) is 0 Å². The summed E-state index contributed by atoms with van der Waals surface area (Å²) in [4.78, 5) is 6.97. The average molecular weight is 286 g/mol. The zero-order chi connectivity index (χ0) is 14.8. The predicted octanol–water partition coefficient (Wildman–Crippen LogP) is 2.21. The van der Waals surface area contributed by atoms with Crippen LogP contribution in [0.5, 0.6) is 0 Å². The van der Waals surface area contributed by atoms with E-state index in [0.29, 0.717) is 12.2 Å². The summed E-state index contributed by atoms with van der Waals surface area (Å²) in [7, 11) is 1.49. The van der Waals surface area contributed by atoms with Crippen LogP contribution in [0, 0.1) is 0 Å². The minimum absolute atomic E-state index is 0.0894. The van der Waals surface area contributed by atoms with Gasteiger partial charge in [-0.3, -0.25) is 0 Å². The number of rotatable bonds is 4. The first-order valence-corrected chi connectivity index (χ1v) is 5.98. The van der Waals surface area contributed by atoms with E-state index in [1.807, 2.05) is 6.92 Å². The van der Waals surface area contributed by atoms with Crippen molar-refractivity contribution in [2.45, 2.75) is 26.1 Å². The fraction of sp³-hybridized carbons (Fsp3) is 0.455. The molecule has 0 aromatic carbocycles. The number of alkyl halides is 3. The topological polar surface area (TPSA) is 68.5 Å². The highest BCUT2D eigenvalue weighted by Crippen LogP contribution is 2.29. The summed E-state index contributed by atoms with van der Waals surface area (Å²) in [5, 5.41) is 10.1. The maximum atomic E-state index is 12.8. The highest BCUT2D eigenvalue weighted by Gasteiger charge is 2.35. The Balaban J connectivity index is 2.53. The number of hydrogen-bond donors (Lipinski definition) is 1. The van der Waals surface area contributed by atoms with Crippen LogP contribution in [-0.2, 0) is 12.7 Å². The third-order valence-corrected chi connectivity index (χ3v) is 2.55. The van der Waals surface area contributed by atoms with Crippen molar-refractivity contribution in [2.75, 3.05) is 12.4 Å². The first-order chi connectivity index (χ1) is 9.45. The van der Waals surface area contributed by atoms with Gasteiger partial charge in [-0.15, -0.1) is 5.10 Å². The third-order valence-electron chi connectivity index (χ3n) is 2.55. The molecule has 0 aliphatic rings. The standard InChI is InChI=1S/C11H13F3N6/c1-3-4-20-8(6-16-19-20)7-5-9(15-2)18-10(17-7)11(12,13)14/h5-6H,3-4H2,1-2H3,(H,15,17,18). The van der Waals surface area contributed by atoms with Gasteiger partial charge >= 0.3 is 6.18 Å². The van der Waals surface area contributed by atoms with Gasteiger partial charge < -0.3 is 5.32 Å². The Morgan fingerprint density at radius 1 is 1.30 bits per heavy atom. The predicted molar refractivity (Wildman–Crippen MR) is 65.9 cm³/mol. The van der Waals surface area contributed by atoms with Crippen LogP contribution in [0.25, 0.3) is 11.4 Å². The van der Waals surface area contributed by atoms with E-state index in [9.17, 15) is 13.2 Å². The molecular formula is C11H13F3N6. The van der Waals surface area contributed by atoms with Crippen molar-refractivity contribution in [3.8, 4) is 11.4 Å². The summed E-state index contributed by atoms with van der Waals surface area (Å²) in [6.45, 7) is 2.49. The second-order valence-electron chi connectivity index (χ2n) is 4.05. The molecule has 2 rings (SSSR count). The molecule has 2 aromatic heterocycles. The second kappa shape index (κ2) is 5.43. The molecule has 2 aromatic rings. The van der Waals surface area contributed by atoms with Crippen LogP contribution >= 0.6 is 0 Å². The average Bonchev–Trinajstić information content (AvgIpc) is 2.86. The molecule has 20 heavy (non-hydrogen) atoms. The molecular weight excluding hydrogens is 273 g/mol. The lowest BCUT2D eigenvalue weighted by Gasteiger charge is -2.10. The van der Waals surface area contributed by atoms with Crippen LogP contribution in [0.1, 0.15) is 19.2 Å². The largest absolute Gasteiger partial charge is 0.451 e. The maximum absolute atomic E-state index is 12.8. The van der Waals surface area contributed by atoms with Crippen LogP contribution in [0.3, 0.4) is 0 Å². The van der Waals surface area contributed by atoms with Crippen molar-refractivity contribution in [1.29, 1.82) is 0 Å². The molecule has 0 amide bonds. The van der Waals surface area contributed by atoms with E-state index in [4.69, 9.17) is 0 Å². The van der Waals surface area contributed by atoms with E-state index in [2.05, 4.69) is 25.6 Å². The van der Waals surface area contributed by atoms with Gasteiger partial charge in [-0.05, 0) is 6.42 Å². The molecule has 9 heteroatoms. The molecule has 0 saturated heterocycles. The minimum Gasteiger partial charge on any atom is -0.373 e. The van der Waals surface area contributed by atoms with Gasteiger partial charge in [0.05, 0.1) is 11.9 Å². The normalized spacial score (nSPS) is 11.7. The van der Waals surface area contributed by atoms with Crippen molar-refractivity contribution < 1.29 is 13.2 Å². The number of nitrogens with zero attached hydrogens (tertiary/aromatic N) is 5. The molecule has 0 saturated carbocycles. The van der Waals surface area contributed by atoms with E-state index >= 15 is 0 Å². The minimum atomic E-state index is -4.61. The van der Waals surface area contributed by atoms with Gasteiger partial charge in [-0.2, -0.15) is 13.2 Å². The van der Waals surface area contributed by atoms with Gasteiger partial charge in [0.15, 0.2) is 0 Å². The van der Waals surface area contributed by atoms with Crippen molar-refractivity contribution in [3.05, 3.63) is 18.1 Å². The summed E-state index contributed by atoms with van der Waals surface area (Å²) in [5.74, 6) is -1.10. The number of aromatic nitrogens is 5. The van der Waals surface area contributed by atoms with E-state index < -0.39 is 12.0 Å². The molecule has 6 nitrogen and oxygen atoms in total. The fourth-order valence-electron chi connectivity index (χ4n) is 1.67. The lowest BCUT2D eigenvalue weighted by atomic mass is 10.3. The van der Waals surface area contributed by atoms with Gasteiger partial charge in [-0.1, -0.05) is 12.1 Å². The molecule has 1 N–H and O–H groups in total. The molecule has 0 aliphatic heterocycles. The van der Waals surface area contributed by atoms with Crippen molar-refractivity contribution in [2.24, 2.45) is 0 Å². The first-order valence-electron chi connectivity index (χ1n) is 5.98. The lowest BCUT2D eigenvalue weighted by molar-refractivity contribution is -0.144. The number of halogens is 3. The molecule has 0 radical (unpaired) electrons. The summed E-state index contributed by atoms with van der Waals surface area (Å²) in [6.07, 6.45) is -2.44. The van der Waals surface area contributed by atoms with Crippen LogP contribution in [-0.4, -0.2) is 32.0 Å². The maximum Gasteiger partial charge on any atom is 0.451 e. The van der Waals surface area contributed by atoms with Gasteiger partial charge in [0.2, 0.25) is 5.82 Å². The van der Waals surface area contributed by atoms with Crippen molar-refractivity contribution >= 4 is 5.82 Å². The number of hydrogen-bond acceptors (Lipinski definition) is 5. The molecule has 2 heterocycles. The third kappa shape index (κ3) is 2.86. The smallest absolute Gasteiger partial charge is 0.373 e. The highest BCUT2D eigenvalue weighted by atomic mass is 19.4. The zero-order valence-electron chi connectivity index (χ0n) is 10.9. The van der Waals surface area contributed by atoms with E-state index in [1.165, 1.54) is 24.0 Å².